The highest BCUT2D eigenvalue weighted by molar-refractivity contribution is 5.66. The van der Waals surface area contributed by atoms with Gasteiger partial charge in [-0.15, -0.1) is 0 Å². The van der Waals surface area contributed by atoms with Gasteiger partial charge in [-0.3, -0.25) is 9.36 Å². The van der Waals surface area contributed by atoms with Crippen LogP contribution in [0.2, 0.25) is 0 Å². The lowest BCUT2D eigenvalue weighted by Gasteiger charge is -2.14. The Balaban J connectivity index is 2.70. The lowest BCUT2D eigenvalue weighted by atomic mass is 10.1. The van der Waals surface area contributed by atoms with Crippen molar-refractivity contribution in [3.05, 3.63) is 15.9 Å². The number of hydrogen-bond donors (Lipinski definition) is 2. The normalized spacial score (nSPS) is 12.2. The molecule has 1 aromatic rings. The predicted octanol–water partition coefficient (Wildman–Crippen LogP) is 1.69. The van der Waals surface area contributed by atoms with Gasteiger partial charge < -0.3 is 20.5 Å². The summed E-state index contributed by atoms with van der Waals surface area (Å²) in [5.41, 5.74) is 0. The van der Waals surface area contributed by atoms with E-state index in [1.807, 2.05) is 6.92 Å². The number of aromatic nitrogens is 2. The fourth-order valence-corrected chi connectivity index (χ4v) is 1.75. The molecule has 0 bridgehead atoms. The molecule has 0 aliphatic carbocycles. The number of carboxylic acid groups (broad SMARTS) is 1. The van der Waals surface area contributed by atoms with E-state index < -0.39 is 10.9 Å². The first kappa shape index (κ1) is 14.9. The highest BCUT2D eigenvalue weighted by Crippen LogP contribution is 2.25. The lowest BCUT2D eigenvalue weighted by Crippen LogP contribution is -2.18. The molecule has 8 heteroatoms. The van der Waals surface area contributed by atoms with Gasteiger partial charge in [-0.2, -0.15) is 0 Å². The van der Waals surface area contributed by atoms with Gasteiger partial charge in [0.2, 0.25) is 11.6 Å². The van der Waals surface area contributed by atoms with E-state index in [9.17, 15) is 14.9 Å². The Morgan fingerprint density at radius 3 is 2.79 bits per heavy atom. The molecule has 1 aromatic heterocycles. The van der Waals surface area contributed by atoms with Crippen LogP contribution in [0.3, 0.4) is 0 Å². The minimum atomic E-state index is -0.838. The maximum atomic E-state index is 10.9. The Hall–Kier alpha value is -2.12. The standard InChI is InChI=1S/C11H18N4O4/c1-7(5-4-6-9(16)17)12-10-11(15(18)19)13-8(2)14(10)3/h7,12H,4-6H2,1-3H3,(H,16,17). The van der Waals surface area contributed by atoms with Gasteiger partial charge in [0.25, 0.3) is 0 Å². The zero-order valence-corrected chi connectivity index (χ0v) is 11.2. The summed E-state index contributed by atoms with van der Waals surface area (Å²) in [5, 5.41) is 22.5. The number of nitro groups is 1. The summed E-state index contributed by atoms with van der Waals surface area (Å²) in [4.78, 5) is 24.7. The number of aryl methyl sites for hydroxylation is 1. The largest absolute Gasteiger partial charge is 0.481 e. The monoisotopic (exact) mass is 270 g/mol. The second-order valence-corrected chi connectivity index (χ2v) is 4.48. The number of rotatable bonds is 7. The van der Waals surface area contributed by atoms with Crippen LogP contribution in [0.1, 0.15) is 32.0 Å². The van der Waals surface area contributed by atoms with Gasteiger partial charge in [-0.25, -0.2) is 0 Å². The van der Waals surface area contributed by atoms with Crippen molar-refractivity contribution < 1.29 is 14.8 Å². The average Bonchev–Trinajstić information content (AvgIpc) is 2.57. The van der Waals surface area contributed by atoms with Crippen molar-refractivity contribution in [1.29, 1.82) is 0 Å². The molecular weight excluding hydrogens is 252 g/mol. The van der Waals surface area contributed by atoms with Crippen LogP contribution in [0.4, 0.5) is 11.6 Å². The van der Waals surface area contributed by atoms with Crippen molar-refractivity contribution >= 4 is 17.6 Å². The zero-order chi connectivity index (χ0) is 14.6. The number of imidazole rings is 1. The summed E-state index contributed by atoms with van der Waals surface area (Å²) < 4.78 is 1.62. The second kappa shape index (κ2) is 6.17. The summed E-state index contributed by atoms with van der Waals surface area (Å²) in [6, 6.07) is -0.0622. The Labute approximate surface area is 110 Å². The summed E-state index contributed by atoms with van der Waals surface area (Å²) >= 11 is 0. The number of carboxylic acids is 1. The van der Waals surface area contributed by atoms with Crippen LogP contribution in [0.25, 0.3) is 0 Å². The maximum Gasteiger partial charge on any atom is 0.406 e. The number of nitrogens with one attached hydrogen (secondary N) is 1. The Morgan fingerprint density at radius 1 is 1.63 bits per heavy atom. The molecular formula is C11H18N4O4. The van der Waals surface area contributed by atoms with E-state index in [4.69, 9.17) is 5.11 Å². The van der Waals surface area contributed by atoms with Crippen molar-refractivity contribution in [2.45, 2.75) is 39.2 Å². The van der Waals surface area contributed by atoms with E-state index in [0.717, 1.165) is 0 Å². The van der Waals surface area contributed by atoms with Gasteiger partial charge in [0.15, 0.2) is 0 Å². The van der Waals surface area contributed by atoms with Crippen molar-refractivity contribution in [2.75, 3.05) is 5.32 Å². The van der Waals surface area contributed by atoms with Gasteiger partial charge in [-0.05, 0) is 29.7 Å². The van der Waals surface area contributed by atoms with E-state index in [2.05, 4.69) is 10.3 Å². The van der Waals surface area contributed by atoms with E-state index in [1.165, 1.54) is 0 Å². The SMILES string of the molecule is Cc1nc([N+](=O)[O-])c(NC(C)CCCC(=O)O)n1C. The van der Waals surface area contributed by atoms with Crippen molar-refractivity contribution in [3.8, 4) is 0 Å². The summed E-state index contributed by atoms with van der Waals surface area (Å²) in [7, 11) is 1.70. The number of nitrogens with zero attached hydrogens (tertiary/aromatic N) is 3. The van der Waals surface area contributed by atoms with Crippen LogP contribution in [0.15, 0.2) is 0 Å². The quantitative estimate of drug-likeness (QED) is 0.576. The van der Waals surface area contributed by atoms with E-state index >= 15 is 0 Å². The maximum absolute atomic E-state index is 10.9. The van der Waals surface area contributed by atoms with Crippen LogP contribution in [0.5, 0.6) is 0 Å². The molecule has 0 aliphatic rings. The minimum absolute atomic E-state index is 0.0622. The molecule has 8 nitrogen and oxygen atoms in total. The van der Waals surface area contributed by atoms with E-state index in [-0.39, 0.29) is 18.3 Å². The molecule has 0 radical (unpaired) electrons. The Bertz CT molecular complexity index is 483. The highest BCUT2D eigenvalue weighted by Gasteiger charge is 2.24. The number of hydrogen-bond acceptors (Lipinski definition) is 5. The summed E-state index contributed by atoms with van der Waals surface area (Å²) in [5.74, 6) is -0.142. The second-order valence-electron chi connectivity index (χ2n) is 4.48. The lowest BCUT2D eigenvalue weighted by molar-refractivity contribution is -0.388. The zero-order valence-electron chi connectivity index (χ0n) is 11.2. The minimum Gasteiger partial charge on any atom is -0.481 e. The third kappa shape index (κ3) is 3.94. The third-order valence-electron chi connectivity index (χ3n) is 2.88. The third-order valence-corrected chi connectivity index (χ3v) is 2.88. The molecule has 0 fully saturated rings. The molecule has 2 N–H and O–H groups in total. The predicted molar refractivity (Wildman–Crippen MR) is 69.2 cm³/mol. The van der Waals surface area contributed by atoms with E-state index in [0.29, 0.717) is 24.5 Å². The van der Waals surface area contributed by atoms with Crippen LogP contribution in [-0.4, -0.2) is 31.6 Å². The Morgan fingerprint density at radius 2 is 2.26 bits per heavy atom. The van der Waals surface area contributed by atoms with Crippen molar-refractivity contribution in [1.82, 2.24) is 9.55 Å². The molecule has 19 heavy (non-hydrogen) atoms. The molecule has 0 saturated carbocycles. The molecule has 106 valence electrons. The van der Waals surface area contributed by atoms with Gasteiger partial charge in [0.05, 0.1) is 0 Å². The Kier molecular flexibility index (Phi) is 4.85. The van der Waals surface area contributed by atoms with E-state index in [1.54, 1.807) is 18.5 Å². The smallest absolute Gasteiger partial charge is 0.406 e. The first-order valence-corrected chi connectivity index (χ1v) is 5.99. The van der Waals surface area contributed by atoms with Gasteiger partial charge in [0, 0.05) is 26.4 Å². The van der Waals surface area contributed by atoms with Crippen LogP contribution in [-0.2, 0) is 11.8 Å². The molecule has 1 unspecified atom stereocenters. The van der Waals surface area contributed by atoms with Gasteiger partial charge >= 0.3 is 11.8 Å². The molecule has 0 aromatic carbocycles. The van der Waals surface area contributed by atoms with Gasteiger partial charge in [0.1, 0.15) is 0 Å². The van der Waals surface area contributed by atoms with Gasteiger partial charge in [-0.1, -0.05) is 0 Å². The van der Waals surface area contributed by atoms with Crippen molar-refractivity contribution in [3.63, 3.8) is 0 Å². The number of anilines is 1. The molecule has 0 spiro atoms. The fraction of sp³-hybridized carbons (Fsp3) is 0.636. The van der Waals surface area contributed by atoms with Crippen LogP contribution >= 0.6 is 0 Å². The first-order valence-electron chi connectivity index (χ1n) is 5.99. The number of aliphatic carboxylic acids is 1. The summed E-state index contributed by atoms with van der Waals surface area (Å²) in [6.45, 7) is 3.54. The highest BCUT2D eigenvalue weighted by atomic mass is 16.6. The van der Waals surface area contributed by atoms with Crippen molar-refractivity contribution in [2.24, 2.45) is 7.05 Å². The molecule has 0 aliphatic heterocycles. The summed E-state index contributed by atoms with van der Waals surface area (Å²) in [6.07, 6.45) is 1.24. The molecule has 1 atom stereocenters. The van der Waals surface area contributed by atoms with Crippen LogP contribution < -0.4 is 5.32 Å². The molecule has 1 heterocycles. The fourth-order valence-electron chi connectivity index (χ4n) is 1.75. The topological polar surface area (TPSA) is 110 Å². The average molecular weight is 270 g/mol. The molecule has 0 saturated heterocycles. The first-order chi connectivity index (χ1) is 8.82. The molecule has 1 rings (SSSR count). The molecule has 0 amide bonds. The van der Waals surface area contributed by atoms with Crippen LogP contribution in [0, 0.1) is 17.0 Å². The number of carbonyl (C=O) groups is 1.